The molecule has 0 saturated carbocycles. The van der Waals surface area contributed by atoms with Crippen molar-refractivity contribution in [3.63, 3.8) is 0 Å². The number of fused-ring (bicyclic) bond motifs is 2. The van der Waals surface area contributed by atoms with E-state index in [4.69, 9.17) is 23.7 Å². The first-order valence-corrected chi connectivity index (χ1v) is 8.37. The van der Waals surface area contributed by atoms with E-state index in [0.717, 1.165) is 22.8 Å². The third-order valence-electron chi connectivity index (χ3n) is 5.36. The highest BCUT2D eigenvalue weighted by Gasteiger charge is 2.46. The number of rotatable bonds is 3. The van der Waals surface area contributed by atoms with Gasteiger partial charge in [-0.05, 0) is 23.8 Å². The predicted molar refractivity (Wildman–Crippen MR) is 92.6 cm³/mol. The molecule has 2 aliphatic rings. The van der Waals surface area contributed by atoms with Crippen molar-refractivity contribution in [3.8, 4) is 23.0 Å². The van der Waals surface area contributed by atoms with Crippen molar-refractivity contribution in [2.24, 2.45) is 5.92 Å². The summed E-state index contributed by atoms with van der Waals surface area (Å²) >= 11 is 0. The molecule has 0 aliphatic carbocycles. The molecule has 4 rings (SSSR count). The standard InChI is InChI=1S/C20H22O5/c1-12-19(13-5-7-14(21-3)8-6-13)15-9-17-18(24-11-23-17)10-16(15)25-20(12,2)22-4/h5-10,12,19H,11H2,1-4H3/t12-,19+,20-/m0/s1. The molecule has 0 amide bonds. The number of hydrogen-bond acceptors (Lipinski definition) is 5. The fraction of sp³-hybridized carbons (Fsp3) is 0.400. The number of hydrogen-bond donors (Lipinski definition) is 0. The molecule has 0 aromatic heterocycles. The third-order valence-corrected chi connectivity index (χ3v) is 5.36. The minimum absolute atomic E-state index is 0.0961. The van der Waals surface area contributed by atoms with Crippen molar-refractivity contribution in [3.05, 3.63) is 47.5 Å². The van der Waals surface area contributed by atoms with Crippen LogP contribution in [-0.2, 0) is 4.74 Å². The number of ether oxygens (including phenoxy) is 5. The third kappa shape index (κ3) is 2.50. The molecule has 2 aliphatic heterocycles. The smallest absolute Gasteiger partial charge is 0.231 e. The average Bonchev–Trinajstić information content (AvgIpc) is 3.09. The van der Waals surface area contributed by atoms with E-state index in [-0.39, 0.29) is 18.6 Å². The van der Waals surface area contributed by atoms with E-state index in [0.29, 0.717) is 5.75 Å². The number of methoxy groups -OCH3 is 2. The summed E-state index contributed by atoms with van der Waals surface area (Å²) in [6, 6.07) is 12.1. The Hall–Kier alpha value is -2.40. The van der Waals surface area contributed by atoms with Crippen molar-refractivity contribution in [1.29, 1.82) is 0 Å². The van der Waals surface area contributed by atoms with Gasteiger partial charge >= 0.3 is 0 Å². The van der Waals surface area contributed by atoms with E-state index >= 15 is 0 Å². The van der Waals surface area contributed by atoms with Gasteiger partial charge in [-0.15, -0.1) is 0 Å². The van der Waals surface area contributed by atoms with E-state index in [9.17, 15) is 0 Å². The molecule has 0 fully saturated rings. The van der Waals surface area contributed by atoms with Crippen LogP contribution in [0, 0.1) is 5.92 Å². The van der Waals surface area contributed by atoms with Crippen molar-refractivity contribution in [1.82, 2.24) is 0 Å². The minimum atomic E-state index is -0.731. The van der Waals surface area contributed by atoms with E-state index in [1.54, 1.807) is 14.2 Å². The Morgan fingerprint density at radius 3 is 2.32 bits per heavy atom. The van der Waals surface area contributed by atoms with Crippen molar-refractivity contribution in [2.45, 2.75) is 25.6 Å². The quantitative estimate of drug-likeness (QED) is 0.845. The molecule has 5 heteroatoms. The second-order valence-corrected chi connectivity index (χ2v) is 6.60. The van der Waals surface area contributed by atoms with Crippen LogP contribution in [0.15, 0.2) is 36.4 Å². The van der Waals surface area contributed by atoms with Crippen LogP contribution in [-0.4, -0.2) is 26.8 Å². The van der Waals surface area contributed by atoms with Gasteiger partial charge < -0.3 is 23.7 Å². The summed E-state index contributed by atoms with van der Waals surface area (Å²) in [4.78, 5) is 0. The normalized spacial score (nSPS) is 26.7. The number of benzene rings is 2. The van der Waals surface area contributed by atoms with Gasteiger partial charge in [0.1, 0.15) is 11.5 Å². The second kappa shape index (κ2) is 5.85. The van der Waals surface area contributed by atoms with E-state index < -0.39 is 5.79 Å². The Bertz CT molecular complexity index is 785. The Balaban J connectivity index is 1.86. The SMILES string of the molecule is COc1ccc([C@@H]2c3cc4c(cc3O[C@](C)(OC)[C@H]2C)OCO4)cc1. The van der Waals surface area contributed by atoms with Gasteiger partial charge in [-0.2, -0.15) is 0 Å². The first-order chi connectivity index (χ1) is 12.1. The molecule has 25 heavy (non-hydrogen) atoms. The van der Waals surface area contributed by atoms with Crippen LogP contribution in [0.3, 0.4) is 0 Å². The fourth-order valence-electron chi connectivity index (χ4n) is 3.66. The van der Waals surface area contributed by atoms with Gasteiger partial charge in [0.05, 0.1) is 7.11 Å². The summed E-state index contributed by atoms with van der Waals surface area (Å²) in [5, 5.41) is 0. The molecular weight excluding hydrogens is 320 g/mol. The van der Waals surface area contributed by atoms with E-state index in [2.05, 4.69) is 19.1 Å². The van der Waals surface area contributed by atoms with Crippen LogP contribution in [0.5, 0.6) is 23.0 Å². The van der Waals surface area contributed by atoms with E-state index in [1.807, 2.05) is 31.2 Å². The van der Waals surface area contributed by atoms with Crippen LogP contribution < -0.4 is 18.9 Å². The molecule has 3 atom stereocenters. The van der Waals surface area contributed by atoms with Crippen LogP contribution in [0.1, 0.15) is 30.9 Å². The highest BCUT2D eigenvalue weighted by molar-refractivity contribution is 5.56. The Kier molecular flexibility index (Phi) is 3.76. The van der Waals surface area contributed by atoms with Crippen molar-refractivity contribution in [2.75, 3.05) is 21.0 Å². The first kappa shape index (κ1) is 16.1. The van der Waals surface area contributed by atoms with Gasteiger partial charge in [0.25, 0.3) is 0 Å². The van der Waals surface area contributed by atoms with Gasteiger partial charge in [0.2, 0.25) is 12.6 Å². The second-order valence-electron chi connectivity index (χ2n) is 6.60. The van der Waals surface area contributed by atoms with Gasteiger partial charge in [0, 0.05) is 37.5 Å². The summed E-state index contributed by atoms with van der Waals surface area (Å²) in [6.07, 6.45) is 0. The zero-order valence-electron chi connectivity index (χ0n) is 14.9. The van der Waals surface area contributed by atoms with Gasteiger partial charge in [0.15, 0.2) is 11.5 Å². The maximum Gasteiger partial charge on any atom is 0.231 e. The van der Waals surface area contributed by atoms with Gasteiger partial charge in [-0.1, -0.05) is 19.1 Å². The molecule has 2 aromatic rings. The molecule has 0 saturated heterocycles. The maximum absolute atomic E-state index is 6.22. The summed E-state index contributed by atoms with van der Waals surface area (Å²) < 4.78 is 28.3. The minimum Gasteiger partial charge on any atom is -0.497 e. The monoisotopic (exact) mass is 342 g/mol. The lowest BCUT2D eigenvalue weighted by Crippen LogP contribution is -2.47. The summed E-state index contributed by atoms with van der Waals surface area (Å²) in [5.74, 6) is 2.55. The van der Waals surface area contributed by atoms with Gasteiger partial charge in [-0.3, -0.25) is 0 Å². The molecule has 0 radical (unpaired) electrons. The van der Waals surface area contributed by atoms with Crippen LogP contribution >= 0.6 is 0 Å². The molecule has 0 N–H and O–H groups in total. The lowest BCUT2D eigenvalue weighted by atomic mass is 9.75. The van der Waals surface area contributed by atoms with Crippen molar-refractivity contribution < 1.29 is 23.7 Å². The topological polar surface area (TPSA) is 46.2 Å². The maximum atomic E-state index is 6.22. The molecule has 0 spiro atoms. The fourth-order valence-corrected chi connectivity index (χ4v) is 3.66. The molecule has 2 aromatic carbocycles. The van der Waals surface area contributed by atoms with Crippen LogP contribution in [0.25, 0.3) is 0 Å². The Labute approximate surface area is 147 Å². The Morgan fingerprint density at radius 2 is 1.68 bits per heavy atom. The lowest BCUT2D eigenvalue weighted by molar-refractivity contribution is -0.194. The van der Waals surface area contributed by atoms with Crippen molar-refractivity contribution >= 4 is 0 Å². The molecule has 132 valence electrons. The highest BCUT2D eigenvalue weighted by atomic mass is 16.7. The summed E-state index contributed by atoms with van der Waals surface area (Å²) in [5.41, 5.74) is 2.26. The molecule has 5 nitrogen and oxygen atoms in total. The molecule has 0 bridgehead atoms. The highest BCUT2D eigenvalue weighted by Crippen LogP contribution is 2.52. The molecular formula is C20H22O5. The average molecular weight is 342 g/mol. The predicted octanol–water partition coefficient (Wildman–Crippen LogP) is 3.95. The first-order valence-electron chi connectivity index (χ1n) is 8.37. The van der Waals surface area contributed by atoms with Crippen LogP contribution in [0.2, 0.25) is 0 Å². The molecule has 2 heterocycles. The zero-order chi connectivity index (χ0) is 17.6. The largest absolute Gasteiger partial charge is 0.497 e. The lowest BCUT2D eigenvalue weighted by Gasteiger charge is -2.44. The van der Waals surface area contributed by atoms with Crippen LogP contribution in [0.4, 0.5) is 0 Å². The van der Waals surface area contributed by atoms with Gasteiger partial charge in [-0.25, -0.2) is 0 Å². The zero-order valence-corrected chi connectivity index (χ0v) is 14.9. The summed E-state index contributed by atoms with van der Waals surface area (Å²) in [6.45, 7) is 4.36. The molecule has 0 unspecified atom stereocenters. The van der Waals surface area contributed by atoms with E-state index in [1.165, 1.54) is 5.56 Å². The Morgan fingerprint density at radius 1 is 1.00 bits per heavy atom. The summed E-state index contributed by atoms with van der Waals surface area (Å²) in [7, 11) is 3.35.